The van der Waals surface area contributed by atoms with E-state index in [0.29, 0.717) is 0 Å². The molecule has 2 rings (SSSR count). The Morgan fingerprint density at radius 1 is 1.30 bits per heavy atom. The summed E-state index contributed by atoms with van der Waals surface area (Å²) in [6.07, 6.45) is 1.57. The number of anilines is 2. The second kappa shape index (κ2) is 6.06. The van der Waals surface area contributed by atoms with Crippen molar-refractivity contribution in [1.82, 2.24) is 4.98 Å². The number of esters is 1. The molecule has 0 saturated heterocycles. The normalized spacial score (nSPS) is 11.7. The average Bonchev–Trinajstić information content (AvgIpc) is 2.47. The fourth-order valence-corrected chi connectivity index (χ4v) is 1.85. The first-order valence-corrected chi connectivity index (χ1v) is 6.26. The SMILES string of the molecule is COC(=O)c1cc(NC(C)c2ccc(N)cc2)ccn1. The van der Waals surface area contributed by atoms with Crippen LogP contribution in [-0.4, -0.2) is 18.1 Å². The molecule has 0 amide bonds. The van der Waals surface area contributed by atoms with Crippen molar-refractivity contribution in [2.24, 2.45) is 0 Å². The molecule has 0 fully saturated rings. The number of pyridine rings is 1. The van der Waals surface area contributed by atoms with E-state index in [1.54, 1.807) is 18.3 Å². The summed E-state index contributed by atoms with van der Waals surface area (Å²) in [4.78, 5) is 15.4. The lowest BCUT2D eigenvalue weighted by Gasteiger charge is -2.16. The number of carbonyl (C=O) groups excluding carboxylic acids is 1. The molecule has 2 aromatic rings. The number of hydrogen-bond donors (Lipinski definition) is 2. The van der Waals surface area contributed by atoms with Crippen molar-refractivity contribution in [2.75, 3.05) is 18.2 Å². The van der Waals surface area contributed by atoms with Crippen molar-refractivity contribution < 1.29 is 9.53 Å². The van der Waals surface area contributed by atoms with Crippen molar-refractivity contribution >= 4 is 17.3 Å². The van der Waals surface area contributed by atoms with Gasteiger partial charge in [0.05, 0.1) is 7.11 Å². The Kier molecular flexibility index (Phi) is 4.20. The molecule has 1 aromatic heterocycles. The van der Waals surface area contributed by atoms with Crippen LogP contribution in [0.15, 0.2) is 42.6 Å². The van der Waals surface area contributed by atoms with Crippen LogP contribution in [0, 0.1) is 0 Å². The number of carbonyl (C=O) groups is 1. The molecule has 0 saturated carbocycles. The highest BCUT2D eigenvalue weighted by atomic mass is 16.5. The zero-order valence-electron chi connectivity index (χ0n) is 11.5. The minimum absolute atomic E-state index is 0.0866. The van der Waals surface area contributed by atoms with Gasteiger partial charge in [-0.3, -0.25) is 0 Å². The van der Waals surface area contributed by atoms with Gasteiger partial charge in [0.15, 0.2) is 0 Å². The summed E-state index contributed by atoms with van der Waals surface area (Å²) in [5, 5.41) is 3.31. The van der Waals surface area contributed by atoms with E-state index < -0.39 is 5.97 Å². The maximum atomic E-state index is 11.4. The van der Waals surface area contributed by atoms with Crippen molar-refractivity contribution in [3.05, 3.63) is 53.9 Å². The van der Waals surface area contributed by atoms with Gasteiger partial charge in [0, 0.05) is 23.6 Å². The van der Waals surface area contributed by atoms with E-state index in [1.807, 2.05) is 31.2 Å². The highest BCUT2D eigenvalue weighted by Gasteiger charge is 2.09. The largest absolute Gasteiger partial charge is 0.464 e. The zero-order chi connectivity index (χ0) is 14.5. The molecule has 1 atom stereocenters. The molecule has 0 aliphatic heterocycles. The van der Waals surface area contributed by atoms with Crippen LogP contribution in [0.1, 0.15) is 29.0 Å². The van der Waals surface area contributed by atoms with Gasteiger partial charge in [-0.1, -0.05) is 12.1 Å². The second-order valence-corrected chi connectivity index (χ2v) is 4.45. The summed E-state index contributed by atoms with van der Waals surface area (Å²) in [5.41, 5.74) is 8.60. The highest BCUT2D eigenvalue weighted by molar-refractivity contribution is 5.88. The molecule has 1 unspecified atom stereocenters. The Morgan fingerprint density at radius 2 is 2.00 bits per heavy atom. The number of nitrogens with zero attached hydrogens (tertiary/aromatic N) is 1. The minimum Gasteiger partial charge on any atom is -0.464 e. The molecule has 0 aliphatic rings. The first-order valence-electron chi connectivity index (χ1n) is 6.26. The van der Waals surface area contributed by atoms with Gasteiger partial charge in [-0.15, -0.1) is 0 Å². The Labute approximate surface area is 117 Å². The Bertz CT molecular complexity index is 596. The van der Waals surface area contributed by atoms with Crippen molar-refractivity contribution in [3.8, 4) is 0 Å². The van der Waals surface area contributed by atoms with E-state index >= 15 is 0 Å². The van der Waals surface area contributed by atoms with E-state index in [2.05, 4.69) is 15.0 Å². The summed E-state index contributed by atoms with van der Waals surface area (Å²) < 4.78 is 4.65. The van der Waals surface area contributed by atoms with Crippen molar-refractivity contribution in [3.63, 3.8) is 0 Å². The summed E-state index contributed by atoms with van der Waals surface area (Å²) in [7, 11) is 1.33. The van der Waals surface area contributed by atoms with E-state index in [4.69, 9.17) is 5.73 Å². The predicted molar refractivity (Wildman–Crippen MR) is 78.5 cm³/mol. The van der Waals surface area contributed by atoms with E-state index in [-0.39, 0.29) is 11.7 Å². The molecule has 0 bridgehead atoms. The molecular formula is C15H17N3O2. The first kappa shape index (κ1) is 13.9. The van der Waals surface area contributed by atoms with Crippen molar-refractivity contribution in [2.45, 2.75) is 13.0 Å². The van der Waals surface area contributed by atoms with Gasteiger partial charge in [-0.25, -0.2) is 9.78 Å². The number of benzene rings is 1. The van der Waals surface area contributed by atoms with Gasteiger partial charge in [0.25, 0.3) is 0 Å². The van der Waals surface area contributed by atoms with Crippen LogP contribution in [0.25, 0.3) is 0 Å². The van der Waals surface area contributed by atoms with Gasteiger partial charge in [0.2, 0.25) is 0 Å². The quantitative estimate of drug-likeness (QED) is 0.660. The number of methoxy groups -OCH3 is 1. The van der Waals surface area contributed by atoms with Crippen LogP contribution < -0.4 is 11.1 Å². The number of nitrogens with one attached hydrogen (secondary N) is 1. The van der Waals surface area contributed by atoms with Gasteiger partial charge < -0.3 is 15.8 Å². The molecule has 0 radical (unpaired) electrons. The third-order valence-corrected chi connectivity index (χ3v) is 2.97. The van der Waals surface area contributed by atoms with Crippen LogP contribution in [-0.2, 0) is 4.74 Å². The van der Waals surface area contributed by atoms with Crippen LogP contribution in [0.5, 0.6) is 0 Å². The third-order valence-electron chi connectivity index (χ3n) is 2.97. The number of nitrogen functional groups attached to an aromatic ring is 1. The van der Waals surface area contributed by atoms with E-state index in [1.165, 1.54) is 7.11 Å². The molecule has 5 nitrogen and oxygen atoms in total. The van der Waals surface area contributed by atoms with Crippen molar-refractivity contribution in [1.29, 1.82) is 0 Å². The maximum absolute atomic E-state index is 11.4. The molecule has 0 aliphatic carbocycles. The van der Waals surface area contributed by atoms with Gasteiger partial charge >= 0.3 is 5.97 Å². The lowest BCUT2D eigenvalue weighted by molar-refractivity contribution is 0.0594. The third kappa shape index (κ3) is 3.26. The monoisotopic (exact) mass is 271 g/mol. The summed E-state index contributed by atoms with van der Waals surface area (Å²) in [6.45, 7) is 2.03. The molecule has 1 aromatic carbocycles. The van der Waals surface area contributed by atoms with Crippen LogP contribution >= 0.6 is 0 Å². The van der Waals surface area contributed by atoms with Gasteiger partial charge in [-0.2, -0.15) is 0 Å². The number of aromatic nitrogens is 1. The Balaban J connectivity index is 2.13. The molecule has 5 heteroatoms. The molecule has 20 heavy (non-hydrogen) atoms. The molecule has 1 heterocycles. The van der Waals surface area contributed by atoms with Crippen LogP contribution in [0.4, 0.5) is 11.4 Å². The smallest absolute Gasteiger partial charge is 0.356 e. The number of rotatable bonds is 4. The summed E-state index contributed by atoms with van der Waals surface area (Å²) in [6, 6.07) is 11.2. The predicted octanol–water partition coefficient (Wildman–Crippen LogP) is 2.62. The first-order chi connectivity index (χ1) is 9.60. The fraction of sp³-hybridized carbons (Fsp3) is 0.200. The zero-order valence-corrected chi connectivity index (χ0v) is 11.5. The Morgan fingerprint density at radius 3 is 2.65 bits per heavy atom. The average molecular weight is 271 g/mol. The number of nitrogens with two attached hydrogens (primary N) is 1. The molecule has 3 N–H and O–H groups in total. The van der Waals surface area contributed by atoms with E-state index in [0.717, 1.165) is 16.9 Å². The summed E-state index contributed by atoms with van der Waals surface area (Å²) >= 11 is 0. The number of ether oxygens (including phenoxy) is 1. The topological polar surface area (TPSA) is 77.2 Å². The molecule has 104 valence electrons. The van der Waals surface area contributed by atoms with Crippen LogP contribution in [0.3, 0.4) is 0 Å². The molecular weight excluding hydrogens is 254 g/mol. The second-order valence-electron chi connectivity index (χ2n) is 4.45. The lowest BCUT2D eigenvalue weighted by atomic mass is 10.1. The minimum atomic E-state index is -0.450. The maximum Gasteiger partial charge on any atom is 0.356 e. The highest BCUT2D eigenvalue weighted by Crippen LogP contribution is 2.20. The van der Waals surface area contributed by atoms with Gasteiger partial charge in [-0.05, 0) is 36.8 Å². The summed E-state index contributed by atoms with van der Waals surface area (Å²) in [5.74, 6) is -0.450. The van der Waals surface area contributed by atoms with E-state index in [9.17, 15) is 4.79 Å². The van der Waals surface area contributed by atoms with Gasteiger partial charge in [0.1, 0.15) is 5.69 Å². The molecule has 0 spiro atoms. The lowest BCUT2D eigenvalue weighted by Crippen LogP contribution is -2.09. The van der Waals surface area contributed by atoms with Crippen LogP contribution in [0.2, 0.25) is 0 Å². The standard InChI is InChI=1S/C15H17N3O2/c1-10(11-3-5-12(16)6-4-11)18-13-7-8-17-14(9-13)15(19)20-2/h3-10H,16H2,1-2H3,(H,17,18). The number of hydrogen-bond acceptors (Lipinski definition) is 5. The Hall–Kier alpha value is -2.56. The fourth-order valence-electron chi connectivity index (χ4n) is 1.85.